The predicted octanol–water partition coefficient (Wildman–Crippen LogP) is 7.14. The van der Waals surface area contributed by atoms with E-state index in [4.69, 9.17) is 27.9 Å². The van der Waals surface area contributed by atoms with Crippen LogP contribution in [0.3, 0.4) is 0 Å². The molecule has 0 unspecified atom stereocenters. The summed E-state index contributed by atoms with van der Waals surface area (Å²) in [5, 5.41) is 3.50. The number of benzene rings is 4. The molecular formula is C36H38Cl2FN3O5S. The number of ether oxygens (including phenoxy) is 1. The molecule has 0 fully saturated rings. The SMILES string of the molecule is CCOc1ccc(N(CC(=O)N(Cc2c(Cl)cccc2Cl)[C@@H](Cc2ccccc2)C(=O)NCC(C)C)S(=O)(=O)c2ccc(F)cc2)cc1. The molecule has 2 amide bonds. The molecule has 12 heteroatoms. The first kappa shape index (κ1) is 36.7. The van der Waals surface area contributed by atoms with Crippen molar-refractivity contribution in [2.75, 3.05) is 24.0 Å². The maximum atomic E-state index is 14.6. The average molecular weight is 715 g/mol. The van der Waals surface area contributed by atoms with Gasteiger partial charge in [0.2, 0.25) is 11.8 Å². The zero-order valence-corrected chi connectivity index (χ0v) is 29.2. The Labute approximate surface area is 291 Å². The Morgan fingerprint density at radius 2 is 1.50 bits per heavy atom. The summed E-state index contributed by atoms with van der Waals surface area (Å²) in [6.45, 7) is 5.60. The standard InChI is InChI=1S/C36H38Cl2FN3O5S/c1-4-47-29-17-15-28(16-18-29)42(48(45,46)30-19-13-27(39)14-20-30)24-35(43)41(23-31-32(37)11-8-12-33(31)38)34(36(44)40-22-25(2)3)21-26-9-6-5-7-10-26/h5-20,25,34H,4,21-24H2,1-3H3,(H,40,44)/t34-/m0/s1. The molecule has 0 aliphatic carbocycles. The van der Waals surface area contributed by atoms with Gasteiger partial charge in [0.15, 0.2) is 0 Å². The van der Waals surface area contributed by atoms with Crippen LogP contribution in [0.5, 0.6) is 5.75 Å². The van der Waals surface area contributed by atoms with Crippen LogP contribution in [0.2, 0.25) is 10.0 Å². The molecule has 0 aliphatic heterocycles. The minimum atomic E-state index is -4.41. The van der Waals surface area contributed by atoms with Crippen LogP contribution in [-0.4, -0.2) is 50.9 Å². The van der Waals surface area contributed by atoms with Gasteiger partial charge >= 0.3 is 0 Å². The van der Waals surface area contributed by atoms with Gasteiger partial charge in [-0.2, -0.15) is 0 Å². The second kappa shape index (κ2) is 16.8. The van der Waals surface area contributed by atoms with E-state index in [1.807, 2.05) is 51.1 Å². The highest BCUT2D eigenvalue weighted by Crippen LogP contribution is 2.30. The van der Waals surface area contributed by atoms with Crippen molar-refractivity contribution in [3.05, 3.63) is 124 Å². The number of hydrogen-bond donors (Lipinski definition) is 1. The highest BCUT2D eigenvalue weighted by molar-refractivity contribution is 7.92. The van der Waals surface area contributed by atoms with Crippen molar-refractivity contribution in [1.82, 2.24) is 10.2 Å². The Kier molecular flexibility index (Phi) is 12.9. The number of sulfonamides is 1. The third kappa shape index (κ3) is 9.49. The van der Waals surface area contributed by atoms with Crippen molar-refractivity contribution in [2.24, 2.45) is 5.92 Å². The number of nitrogens with zero attached hydrogens (tertiary/aromatic N) is 2. The van der Waals surface area contributed by atoms with E-state index < -0.39 is 40.2 Å². The lowest BCUT2D eigenvalue weighted by Crippen LogP contribution is -2.53. The Hall–Kier alpha value is -4.12. The van der Waals surface area contributed by atoms with Gasteiger partial charge in [0.1, 0.15) is 24.2 Å². The molecule has 0 saturated heterocycles. The zero-order valence-electron chi connectivity index (χ0n) is 26.9. The Morgan fingerprint density at radius 1 is 0.875 bits per heavy atom. The van der Waals surface area contributed by atoms with Crippen molar-refractivity contribution >= 4 is 50.7 Å². The van der Waals surface area contributed by atoms with Crippen LogP contribution < -0.4 is 14.4 Å². The molecule has 0 bridgehead atoms. The fourth-order valence-corrected chi connectivity index (χ4v) is 6.90. The van der Waals surface area contributed by atoms with Gasteiger partial charge in [0.05, 0.1) is 17.2 Å². The first-order valence-corrected chi connectivity index (χ1v) is 17.7. The largest absolute Gasteiger partial charge is 0.494 e. The summed E-state index contributed by atoms with van der Waals surface area (Å²) < 4.78 is 48.5. The van der Waals surface area contributed by atoms with Crippen LogP contribution in [0.4, 0.5) is 10.1 Å². The molecule has 4 aromatic carbocycles. The van der Waals surface area contributed by atoms with Gasteiger partial charge in [-0.15, -0.1) is 0 Å². The quantitative estimate of drug-likeness (QED) is 0.141. The molecule has 0 heterocycles. The summed E-state index contributed by atoms with van der Waals surface area (Å²) >= 11 is 13.1. The van der Waals surface area contributed by atoms with E-state index in [-0.39, 0.29) is 39.5 Å². The number of halogens is 3. The topological polar surface area (TPSA) is 96.0 Å². The average Bonchev–Trinajstić information content (AvgIpc) is 3.06. The van der Waals surface area contributed by atoms with E-state index >= 15 is 0 Å². The van der Waals surface area contributed by atoms with Gasteiger partial charge < -0.3 is 15.0 Å². The Morgan fingerprint density at radius 3 is 2.08 bits per heavy atom. The lowest BCUT2D eigenvalue weighted by molar-refractivity contribution is -0.140. The first-order valence-electron chi connectivity index (χ1n) is 15.5. The van der Waals surface area contributed by atoms with E-state index in [1.165, 1.54) is 17.0 Å². The fourth-order valence-electron chi connectivity index (χ4n) is 4.97. The molecule has 0 saturated carbocycles. The van der Waals surface area contributed by atoms with Crippen molar-refractivity contribution in [1.29, 1.82) is 0 Å². The van der Waals surface area contributed by atoms with Crippen LogP contribution in [0.1, 0.15) is 31.9 Å². The monoisotopic (exact) mass is 713 g/mol. The van der Waals surface area contributed by atoms with Gasteiger partial charge in [0, 0.05) is 35.1 Å². The van der Waals surface area contributed by atoms with Gasteiger partial charge in [-0.25, -0.2) is 12.8 Å². The van der Waals surface area contributed by atoms with E-state index in [0.29, 0.717) is 24.5 Å². The number of hydrogen-bond acceptors (Lipinski definition) is 5. The number of carbonyl (C=O) groups is 2. The van der Waals surface area contributed by atoms with Crippen molar-refractivity contribution < 1.29 is 27.1 Å². The van der Waals surface area contributed by atoms with Gasteiger partial charge in [-0.3, -0.25) is 13.9 Å². The molecule has 48 heavy (non-hydrogen) atoms. The second-order valence-corrected chi connectivity index (χ2v) is 14.1. The van der Waals surface area contributed by atoms with Gasteiger partial charge in [-0.05, 0) is 79.1 Å². The van der Waals surface area contributed by atoms with Crippen molar-refractivity contribution in [3.63, 3.8) is 0 Å². The number of rotatable bonds is 15. The van der Waals surface area contributed by atoms with Crippen molar-refractivity contribution in [2.45, 2.75) is 44.7 Å². The molecule has 1 atom stereocenters. The van der Waals surface area contributed by atoms with Crippen LogP contribution in [-0.2, 0) is 32.6 Å². The number of carbonyl (C=O) groups excluding carboxylic acids is 2. The second-order valence-electron chi connectivity index (χ2n) is 11.5. The summed E-state index contributed by atoms with van der Waals surface area (Å²) in [7, 11) is -4.41. The fraction of sp³-hybridized carbons (Fsp3) is 0.278. The highest BCUT2D eigenvalue weighted by Gasteiger charge is 2.35. The predicted molar refractivity (Wildman–Crippen MR) is 187 cm³/mol. The maximum absolute atomic E-state index is 14.6. The molecule has 0 spiro atoms. The minimum Gasteiger partial charge on any atom is -0.494 e. The summed E-state index contributed by atoms with van der Waals surface area (Å²) in [5.74, 6) is -1.09. The first-order chi connectivity index (χ1) is 22.9. The molecule has 0 aliphatic rings. The lowest BCUT2D eigenvalue weighted by Gasteiger charge is -2.34. The van der Waals surface area contributed by atoms with E-state index in [1.54, 1.807) is 30.3 Å². The molecule has 4 aromatic rings. The van der Waals surface area contributed by atoms with E-state index in [0.717, 1.165) is 34.1 Å². The summed E-state index contributed by atoms with van der Waals surface area (Å²) in [6.07, 6.45) is 0.131. The van der Waals surface area contributed by atoms with E-state index in [2.05, 4.69) is 5.32 Å². The lowest BCUT2D eigenvalue weighted by atomic mass is 10.0. The molecule has 0 aromatic heterocycles. The van der Waals surface area contributed by atoms with E-state index in [9.17, 15) is 22.4 Å². The number of anilines is 1. The van der Waals surface area contributed by atoms with Gasteiger partial charge in [-0.1, -0.05) is 73.4 Å². The molecular weight excluding hydrogens is 676 g/mol. The van der Waals surface area contributed by atoms with Crippen LogP contribution >= 0.6 is 23.2 Å². The molecule has 0 radical (unpaired) electrons. The van der Waals surface area contributed by atoms with Gasteiger partial charge in [0.25, 0.3) is 10.0 Å². The Bertz CT molecular complexity index is 1770. The minimum absolute atomic E-state index is 0.129. The van der Waals surface area contributed by atoms with Crippen LogP contribution in [0.25, 0.3) is 0 Å². The number of nitrogens with one attached hydrogen (secondary N) is 1. The summed E-state index contributed by atoms with van der Waals surface area (Å²) in [6, 6.07) is 23.6. The summed E-state index contributed by atoms with van der Waals surface area (Å²) in [4.78, 5) is 29.6. The Balaban J connectivity index is 1.83. The van der Waals surface area contributed by atoms with Crippen molar-refractivity contribution in [3.8, 4) is 5.75 Å². The summed E-state index contributed by atoms with van der Waals surface area (Å²) in [5.41, 5.74) is 1.35. The molecule has 1 N–H and O–H groups in total. The molecule has 254 valence electrons. The number of amides is 2. The zero-order chi connectivity index (χ0) is 34.8. The third-order valence-corrected chi connectivity index (χ3v) is 9.96. The molecule has 8 nitrogen and oxygen atoms in total. The normalized spacial score (nSPS) is 12.0. The smallest absolute Gasteiger partial charge is 0.264 e. The third-order valence-electron chi connectivity index (χ3n) is 7.46. The van der Waals surface area contributed by atoms with Crippen LogP contribution in [0, 0.1) is 11.7 Å². The highest BCUT2D eigenvalue weighted by atomic mass is 35.5. The van der Waals surface area contributed by atoms with Crippen LogP contribution in [0.15, 0.2) is 102 Å². The maximum Gasteiger partial charge on any atom is 0.264 e. The molecule has 4 rings (SSSR count).